The number of rotatable bonds is 4. The fourth-order valence-corrected chi connectivity index (χ4v) is 5.73. The number of fused-ring (bicyclic) bond motifs is 1. The van der Waals surface area contributed by atoms with Gasteiger partial charge in [0, 0.05) is 35.6 Å². The number of amides is 1. The van der Waals surface area contributed by atoms with Crippen LogP contribution < -0.4 is 9.62 Å². The first-order valence-electron chi connectivity index (χ1n) is 10.8. The van der Waals surface area contributed by atoms with Crippen molar-refractivity contribution in [3.05, 3.63) is 84.4 Å². The predicted molar refractivity (Wildman–Crippen MR) is 130 cm³/mol. The summed E-state index contributed by atoms with van der Waals surface area (Å²) in [6.07, 6.45) is 4.69. The lowest BCUT2D eigenvalue weighted by atomic mass is 10.1. The molecular formula is C25H21FN4O3S. The molecular weight excluding hydrogens is 455 g/mol. The Morgan fingerprint density at radius 1 is 0.971 bits per heavy atom. The molecule has 0 unspecified atom stereocenters. The van der Waals surface area contributed by atoms with Crippen molar-refractivity contribution in [1.82, 2.24) is 9.97 Å². The van der Waals surface area contributed by atoms with Crippen LogP contribution in [0.25, 0.3) is 22.2 Å². The van der Waals surface area contributed by atoms with Crippen molar-refractivity contribution in [2.75, 3.05) is 21.9 Å². The number of carbonyl (C=O) groups is 1. The van der Waals surface area contributed by atoms with Crippen LogP contribution in [0, 0.1) is 5.82 Å². The van der Waals surface area contributed by atoms with Crippen LogP contribution >= 0.6 is 0 Å². The van der Waals surface area contributed by atoms with Crippen molar-refractivity contribution in [3.63, 3.8) is 0 Å². The van der Waals surface area contributed by atoms with Gasteiger partial charge in [-0.3, -0.25) is 19.1 Å². The number of hydrogen-bond donors (Lipinski definition) is 1. The first kappa shape index (κ1) is 22.0. The van der Waals surface area contributed by atoms with Gasteiger partial charge < -0.3 is 5.32 Å². The second-order valence-electron chi connectivity index (χ2n) is 8.02. The van der Waals surface area contributed by atoms with Gasteiger partial charge in [0.2, 0.25) is 10.0 Å². The third-order valence-corrected chi connectivity index (χ3v) is 7.63. The zero-order valence-electron chi connectivity index (χ0n) is 18.1. The Kier molecular flexibility index (Phi) is 5.70. The number of halogens is 1. The van der Waals surface area contributed by atoms with Crippen LogP contribution in [0.15, 0.2) is 73.1 Å². The molecule has 0 saturated carbocycles. The maximum absolute atomic E-state index is 14.8. The Balaban J connectivity index is 1.40. The molecule has 1 amide bonds. The van der Waals surface area contributed by atoms with E-state index in [2.05, 4.69) is 15.3 Å². The molecule has 1 N–H and O–H groups in total. The van der Waals surface area contributed by atoms with E-state index >= 15 is 0 Å². The number of nitrogens with zero attached hydrogens (tertiary/aromatic N) is 3. The van der Waals surface area contributed by atoms with E-state index in [-0.39, 0.29) is 17.0 Å². The molecule has 0 atom stereocenters. The smallest absolute Gasteiger partial charge is 0.258 e. The third kappa shape index (κ3) is 4.22. The number of pyridine rings is 2. The molecule has 0 radical (unpaired) electrons. The van der Waals surface area contributed by atoms with Crippen LogP contribution in [-0.4, -0.2) is 36.6 Å². The highest BCUT2D eigenvalue weighted by Crippen LogP contribution is 2.28. The van der Waals surface area contributed by atoms with Gasteiger partial charge in [-0.2, -0.15) is 0 Å². The van der Waals surface area contributed by atoms with Crippen molar-refractivity contribution in [1.29, 1.82) is 0 Å². The number of hydrogen-bond acceptors (Lipinski definition) is 5. The van der Waals surface area contributed by atoms with E-state index < -0.39 is 21.7 Å². The van der Waals surface area contributed by atoms with Crippen LogP contribution in [0.1, 0.15) is 23.2 Å². The molecule has 4 aromatic rings. The molecule has 9 heteroatoms. The van der Waals surface area contributed by atoms with E-state index in [0.29, 0.717) is 25.1 Å². The summed E-state index contributed by atoms with van der Waals surface area (Å²) in [6, 6.07) is 16.6. The molecule has 5 rings (SSSR count). The molecule has 34 heavy (non-hydrogen) atoms. The highest BCUT2D eigenvalue weighted by atomic mass is 32.2. The monoisotopic (exact) mass is 476 g/mol. The third-order valence-electron chi connectivity index (χ3n) is 5.76. The normalized spacial score (nSPS) is 15.3. The first-order valence-corrected chi connectivity index (χ1v) is 12.4. The van der Waals surface area contributed by atoms with Gasteiger partial charge in [0.25, 0.3) is 5.91 Å². The molecule has 1 aliphatic heterocycles. The Labute approximate surface area is 196 Å². The van der Waals surface area contributed by atoms with Crippen molar-refractivity contribution < 1.29 is 17.6 Å². The topological polar surface area (TPSA) is 92.3 Å². The summed E-state index contributed by atoms with van der Waals surface area (Å²) in [5.74, 6) is -1.38. The fourth-order valence-electron chi connectivity index (χ4n) is 4.10. The molecule has 172 valence electrons. The van der Waals surface area contributed by atoms with Gasteiger partial charge in [-0.05, 0) is 61.4 Å². The molecule has 7 nitrogen and oxygen atoms in total. The molecule has 1 fully saturated rings. The maximum Gasteiger partial charge on any atom is 0.258 e. The Hall–Kier alpha value is -3.85. The van der Waals surface area contributed by atoms with Crippen molar-refractivity contribution in [2.45, 2.75) is 12.8 Å². The lowest BCUT2D eigenvalue weighted by Gasteiger charge is -2.28. The lowest BCUT2D eigenvalue weighted by molar-refractivity contribution is 0.102. The van der Waals surface area contributed by atoms with Gasteiger partial charge in [-0.25, -0.2) is 12.8 Å². The molecule has 2 aromatic heterocycles. The molecule has 1 saturated heterocycles. The van der Waals surface area contributed by atoms with Gasteiger partial charge in [0.1, 0.15) is 5.82 Å². The molecule has 1 aliphatic rings. The maximum atomic E-state index is 14.8. The second-order valence-corrected chi connectivity index (χ2v) is 10.0. The van der Waals surface area contributed by atoms with E-state index in [1.165, 1.54) is 16.4 Å². The van der Waals surface area contributed by atoms with Crippen LogP contribution in [0.3, 0.4) is 0 Å². The highest BCUT2D eigenvalue weighted by Gasteiger charge is 2.27. The standard InChI is InChI=1S/C25H21FN4O3S/c26-22-16-19(30-13-1-2-14-34(30,32)33)8-9-20(22)25(31)29-18-6-3-5-17(15-18)24-21-7-4-11-27-23(21)10-12-28-24/h3-12,15-16H,1-2,13-14H2,(H,29,31). The number of benzene rings is 2. The predicted octanol–water partition coefficient (Wildman–Crippen LogP) is 4.62. The van der Waals surface area contributed by atoms with E-state index in [0.717, 1.165) is 28.2 Å². The molecule has 0 spiro atoms. The number of sulfonamides is 1. The summed E-state index contributed by atoms with van der Waals surface area (Å²) < 4.78 is 40.6. The first-order chi connectivity index (χ1) is 16.4. The summed E-state index contributed by atoms with van der Waals surface area (Å²) in [7, 11) is -3.47. The van der Waals surface area contributed by atoms with Gasteiger partial charge >= 0.3 is 0 Å². The summed E-state index contributed by atoms with van der Waals surface area (Å²) in [5, 5.41) is 3.60. The summed E-state index contributed by atoms with van der Waals surface area (Å²) in [6.45, 7) is 0.303. The fraction of sp³-hybridized carbons (Fsp3) is 0.160. The SMILES string of the molecule is O=C(Nc1cccc(-c2nccc3ncccc23)c1)c1ccc(N2CCCCS2(=O)=O)cc1F. The van der Waals surface area contributed by atoms with Crippen LogP contribution in [-0.2, 0) is 10.0 Å². The van der Waals surface area contributed by atoms with Crippen LogP contribution in [0.2, 0.25) is 0 Å². The zero-order chi connectivity index (χ0) is 23.7. The Morgan fingerprint density at radius 2 is 1.85 bits per heavy atom. The minimum absolute atomic E-state index is 0.0365. The van der Waals surface area contributed by atoms with Crippen LogP contribution in [0.5, 0.6) is 0 Å². The van der Waals surface area contributed by atoms with Gasteiger partial charge in [0.15, 0.2) is 0 Å². The average Bonchev–Trinajstić information content (AvgIpc) is 2.83. The van der Waals surface area contributed by atoms with Crippen molar-refractivity contribution in [3.8, 4) is 11.3 Å². The minimum Gasteiger partial charge on any atom is -0.322 e. The van der Waals surface area contributed by atoms with E-state index in [4.69, 9.17) is 0 Å². The zero-order valence-corrected chi connectivity index (χ0v) is 18.9. The minimum atomic E-state index is -3.47. The highest BCUT2D eigenvalue weighted by molar-refractivity contribution is 7.92. The Bertz CT molecular complexity index is 1500. The molecule has 0 bridgehead atoms. The quantitative estimate of drug-likeness (QED) is 0.464. The van der Waals surface area contributed by atoms with Crippen LogP contribution in [0.4, 0.5) is 15.8 Å². The molecule has 2 aromatic carbocycles. The number of carbonyl (C=O) groups excluding carboxylic acids is 1. The number of nitrogens with one attached hydrogen (secondary N) is 1. The second kappa shape index (κ2) is 8.83. The number of aromatic nitrogens is 2. The lowest BCUT2D eigenvalue weighted by Crippen LogP contribution is -2.37. The molecule has 0 aliphatic carbocycles. The summed E-state index contributed by atoms with van der Waals surface area (Å²) in [5.41, 5.74) is 2.84. The Morgan fingerprint density at radius 3 is 2.68 bits per heavy atom. The van der Waals surface area contributed by atoms with Crippen molar-refractivity contribution >= 4 is 38.2 Å². The van der Waals surface area contributed by atoms with Crippen molar-refractivity contribution in [2.24, 2.45) is 0 Å². The van der Waals surface area contributed by atoms with E-state index in [1.807, 2.05) is 24.3 Å². The van der Waals surface area contributed by atoms with E-state index in [1.54, 1.807) is 30.6 Å². The van der Waals surface area contributed by atoms with E-state index in [9.17, 15) is 17.6 Å². The summed E-state index contributed by atoms with van der Waals surface area (Å²) >= 11 is 0. The average molecular weight is 477 g/mol. The molecule has 3 heterocycles. The van der Waals surface area contributed by atoms with Gasteiger partial charge in [0.05, 0.1) is 28.2 Å². The summed E-state index contributed by atoms with van der Waals surface area (Å²) in [4.78, 5) is 21.6. The largest absolute Gasteiger partial charge is 0.322 e. The van der Waals surface area contributed by atoms with Gasteiger partial charge in [-0.1, -0.05) is 12.1 Å². The van der Waals surface area contributed by atoms with Gasteiger partial charge in [-0.15, -0.1) is 0 Å². The number of anilines is 2.